The molecule has 0 bridgehead atoms. The lowest BCUT2D eigenvalue weighted by atomic mass is 10.2. The first-order valence-electron chi connectivity index (χ1n) is 3.82. The van der Waals surface area contributed by atoms with Gasteiger partial charge in [-0.1, -0.05) is 35.5 Å². The first-order valence-corrected chi connectivity index (χ1v) is 3.82. The molecule has 1 aromatic carbocycles. The molecule has 0 radical (unpaired) electrons. The third-order valence-corrected chi connectivity index (χ3v) is 1.69. The number of hydrogen-bond acceptors (Lipinski definition) is 4. The minimum atomic E-state index is 0.235. The Hall–Kier alpha value is -1.81. The van der Waals surface area contributed by atoms with Crippen molar-refractivity contribution in [1.82, 2.24) is 5.16 Å². The van der Waals surface area contributed by atoms with Crippen LogP contribution in [0.2, 0.25) is 0 Å². The molecule has 0 aliphatic carbocycles. The smallest absolute Gasteiger partial charge is 0.248 e. The van der Waals surface area contributed by atoms with Gasteiger partial charge in [-0.25, -0.2) is 5.48 Å². The molecule has 2 aromatic rings. The molecule has 0 fully saturated rings. The van der Waals surface area contributed by atoms with Crippen molar-refractivity contribution in [3.63, 3.8) is 0 Å². The first kappa shape index (κ1) is 7.82. The van der Waals surface area contributed by atoms with Crippen LogP contribution in [-0.2, 0) is 0 Å². The number of anilines is 1. The molecular formula is C9H8N2O2. The lowest BCUT2D eigenvalue weighted by Crippen LogP contribution is -1.83. The Balaban J connectivity index is 2.36. The van der Waals surface area contributed by atoms with Crippen molar-refractivity contribution >= 4 is 5.88 Å². The van der Waals surface area contributed by atoms with Gasteiger partial charge in [0.25, 0.3) is 0 Å². The van der Waals surface area contributed by atoms with Gasteiger partial charge in [0.05, 0.1) is 0 Å². The van der Waals surface area contributed by atoms with E-state index in [2.05, 4.69) is 5.16 Å². The van der Waals surface area contributed by atoms with Crippen LogP contribution in [-0.4, -0.2) is 10.4 Å². The zero-order valence-corrected chi connectivity index (χ0v) is 6.77. The van der Waals surface area contributed by atoms with E-state index in [1.54, 1.807) is 6.07 Å². The van der Waals surface area contributed by atoms with Crippen LogP contribution >= 0.6 is 0 Å². The summed E-state index contributed by atoms with van der Waals surface area (Å²) in [6.07, 6.45) is 0. The summed E-state index contributed by atoms with van der Waals surface area (Å²) in [4.78, 5) is 0. The van der Waals surface area contributed by atoms with E-state index in [-0.39, 0.29) is 5.88 Å². The number of nitrogens with zero attached hydrogens (tertiary/aromatic N) is 1. The van der Waals surface area contributed by atoms with Crippen molar-refractivity contribution in [2.75, 3.05) is 5.48 Å². The monoisotopic (exact) mass is 176 g/mol. The Morgan fingerprint density at radius 1 is 1.23 bits per heavy atom. The average Bonchev–Trinajstić information content (AvgIpc) is 2.67. The Morgan fingerprint density at radius 2 is 2.00 bits per heavy atom. The molecule has 0 saturated heterocycles. The van der Waals surface area contributed by atoms with Crippen LogP contribution < -0.4 is 5.48 Å². The summed E-state index contributed by atoms with van der Waals surface area (Å²) >= 11 is 0. The molecule has 2 rings (SSSR count). The van der Waals surface area contributed by atoms with Gasteiger partial charge in [-0.2, -0.15) is 0 Å². The van der Waals surface area contributed by atoms with Gasteiger partial charge in [0.15, 0.2) is 0 Å². The minimum absolute atomic E-state index is 0.235. The fourth-order valence-electron chi connectivity index (χ4n) is 1.07. The van der Waals surface area contributed by atoms with Crippen LogP contribution in [0.5, 0.6) is 0 Å². The largest absolute Gasteiger partial charge is 0.336 e. The predicted octanol–water partition coefficient (Wildman–Crippen LogP) is 2.14. The van der Waals surface area contributed by atoms with Gasteiger partial charge in [0, 0.05) is 11.6 Å². The molecule has 4 heteroatoms. The number of aromatic nitrogens is 1. The number of nitrogens with one attached hydrogen (secondary N) is 1. The third-order valence-electron chi connectivity index (χ3n) is 1.69. The van der Waals surface area contributed by atoms with Crippen LogP contribution in [0.25, 0.3) is 11.3 Å². The molecule has 0 atom stereocenters. The summed E-state index contributed by atoms with van der Waals surface area (Å²) in [5.74, 6) is 0.235. The molecule has 0 aliphatic rings. The van der Waals surface area contributed by atoms with Crippen molar-refractivity contribution in [2.45, 2.75) is 0 Å². The standard InChI is InChI=1S/C9H8N2O2/c12-10-9-6-8(11-13-9)7-4-2-1-3-5-7/h1-6,10,12H. The van der Waals surface area contributed by atoms with Crippen LogP contribution in [0.1, 0.15) is 0 Å². The molecule has 0 saturated carbocycles. The minimum Gasteiger partial charge on any atom is -0.336 e. The van der Waals surface area contributed by atoms with Crippen molar-refractivity contribution in [1.29, 1.82) is 0 Å². The molecule has 13 heavy (non-hydrogen) atoms. The fourth-order valence-corrected chi connectivity index (χ4v) is 1.07. The lowest BCUT2D eigenvalue weighted by molar-refractivity contribution is 0.338. The van der Waals surface area contributed by atoms with E-state index in [1.165, 1.54) is 0 Å². The molecule has 2 N–H and O–H groups in total. The Bertz CT molecular complexity index is 384. The maximum Gasteiger partial charge on any atom is 0.248 e. The first-order chi connectivity index (χ1) is 6.40. The average molecular weight is 176 g/mol. The van der Waals surface area contributed by atoms with Crippen LogP contribution in [0.4, 0.5) is 5.88 Å². The fraction of sp³-hybridized carbons (Fsp3) is 0. The highest BCUT2D eigenvalue weighted by Gasteiger charge is 2.03. The van der Waals surface area contributed by atoms with E-state index in [1.807, 2.05) is 35.8 Å². The highest BCUT2D eigenvalue weighted by molar-refractivity contribution is 5.60. The zero-order chi connectivity index (χ0) is 9.10. The second-order valence-electron chi connectivity index (χ2n) is 2.55. The molecule has 4 nitrogen and oxygen atoms in total. The van der Waals surface area contributed by atoms with Crippen LogP contribution in [0.3, 0.4) is 0 Å². The summed E-state index contributed by atoms with van der Waals surface area (Å²) in [6, 6.07) is 11.2. The summed E-state index contributed by atoms with van der Waals surface area (Å²) in [6.45, 7) is 0. The third kappa shape index (κ3) is 1.52. The van der Waals surface area contributed by atoms with Crippen LogP contribution in [0, 0.1) is 0 Å². The molecule has 0 unspecified atom stereocenters. The topological polar surface area (TPSA) is 58.3 Å². The second kappa shape index (κ2) is 3.28. The molecule has 66 valence electrons. The Morgan fingerprint density at radius 3 is 2.62 bits per heavy atom. The SMILES string of the molecule is ONc1cc(-c2ccccc2)no1. The zero-order valence-electron chi connectivity index (χ0n) is 6.77. The number of rotatable bonds is 2. The predicted molar refractivity (Wildman–Crippen MR) is 47.3 cm³/mol. The Labute approximate surface area is 74.8 Å². The lowest BCUT2D eigenvalue weighted by Gasteiger charge is -1.91. The van der Waals surface area contributed by atoms with Gasteiger partial charge in [0.2, 0.25) is 5.88 Å². The highest BCUT2D eigenvalue weighted by Crippen LogP contribution is 2.20. The molecule has 0 spiro atoms. The summed E-state index contributed by atoms with van der Waals surface area (Å²) < 4.78 is 4.76. The molecule has 0 aliphatic heterocycles. The van der Waals surface area contributed by atoms with Crippen LogP contribution in [0.15, 0.2) is 40.9 Å². The maximum atomic E-state index is 8.51. The van der Waals surface area contributed by atoms with E-state index in [0.717, 1.165) is 5.56 Å². The summed E-state index contributed by atoms with van der Waals surface area (Å²) in [7, 11) is 0. The van der Waals surface area contributed by atoms with E-state index >= 15 is 0 Å². The summed E-state index contributed by atoms with van der Waals surface area (Å²) in [5.41, 5.74) is 3.53. The van der Waals surface area contributed by atoms with Gasteiger partial charge >= 0.3 is 0 Å². The van der Waals surface area contributed by atoms with Gasteiger partial charge in [0.1, 0.15) is 5.69 Å². The molecule has 1 heterocycles. The van der Waals surface area contributed by atoms with Crippen molar-refractivity contribution in [2.24, 2.45) is 0 Å². The summed E-state index contributed by atoms with van der Waals surface area (Å²) in [5, 5.41) is 12.3. The van der Waals surface area contributed by atoms with Crippen molar-refractivity contribution in [3.8, 4) is 11.3 Å². The van der Waals surface area contributed by atoms with E-state index in [4.69, 9.17) is 9.73 Å². The number of benzene rings is 1. The van der Waals surface area contributed by atoms with Gasteiger partial charge in [-0.05, 0) is 0 Å². The molecule has 0 amide bonds. The van der Waals surface area contributed by atoms with Gasteiger partial charge in [-0.3, -0.25) is 5.21 Å². The quantitative estimate of drug-likeness (QED) is 0.688. The highest BCUT2D eigenvalue weighted by atomic mass is 16.5. The van der Waals surface area contributed by atoms with E-state index in [9.17, 15) is 0 Å². The van der Waals surface area contributed by atoms with Gasteiger partial charge in [-0.15, -0.1) is 0 Å². The van der Waals surface area contributed by atoms with Gasteiger partial charge < -0.3 is 4.52 Å². The second-order valence-corrected chi connectivity index (χ2v) is 2.55. The maximum absolute atomic E-state index is 8.51. The normalized spacial score (nSPS) is 9.92. The Kier molecular flexibility index (Phi) is 1.97. The number of hydrogen-bond donors (Lipinski definition) is 2. The van der Waals surface area contributed by atoms with E-state index < -0.39 is 0 Å². The van der Waals surface area contributed by atoms with Crippen molar-refractivity contribution in [3.05, 3.63) is 36.4 Å². The molecular weight excluding hydrogens is 168 g/mol. The van der Waals surface area contributed by atoms with E-state index in [0.29, 0.717) is 5.69 Å². The molecule has 1 aromatic heterocycles. The van der Waals surface area contributed by atoms with Crippen molar-refractivity contribution < 1.29 is 9.73 Å².